The van der Waals surface area contributed by atoms with Gasteiger partial charge in [-0.2, -0.15) is 0 Å². The molecule has 2 nitrogen and oxygen atoms in total. The van der Waals surface area contributed by atoms with Gasteiger partial charge in [0.25, 0.3) is 0 Å². The van der Waals surface area contributed by atoms with E-state index < -0.39 is 0 Å². The Kier molecular flexibility index (Phi) is 5.09. The molecule has 0 N–H and O–H groups in total. The zero-order chi connectivity index (χ0) is 9.52. The summed E-state index contributed by atoms with van der Waals surface area (Å²) in [5.74, 6) is 0.797. The molecule has 0 atom stereocenters. The summed E-state index contributed by atoms with van der Waals surface area (Å²) in [6.45, 7) is 6.28. The van der Waals surface area contributed by atoms with Crippen LogP contribution in [0.5, 0.6) is 0 Å². The van der Waals surface area contributed by atoms with Crippen LogP contribution in [0.1, 0.15) is 25.7 Å². The summed E-state index contributed by atoms with van der Waals surface area (Å²) in [5, 5.41) is 0. The fraction of sp³-hybridized carbons (Fsp3) is 0.818. The zero-order valence-corrected chi connectivity index (χ0v) is 8.55. The first-order valence-electron chi connectivity index (χ1n) is 5.09. The van der Waals surface area contributed by atoms with Crippen molar-refractivity contribution in [2.75, 3.05) is 26.9 Å². The Bertz CT molecular complexity index is 150. The molecule has 0 unspecified atom stereocenters. The van der Waals surface area contributed by atoms with Gasteiger partial charge in [0.2, 0.25) is 0 Å². The molecule has 0 spiro atoms. The first-order valence-corrected chi connectivity index (χ1v) is 5.09. The maximum atomic E-state index is 5.38. The Morgan fingerprint density at radius 2 is 2.08 bits per heavy atom. The third-order valence-corrected chi connectivity index (χ3v) is 2.68. The molecule has 1 aliphatic rings. The van der Waals surface area contributed by atoms with Crippen molar-refractivity contribution in [2.45, 2.75) is 25.7 Å². The predicted molar refractivity (Wildman–Crippen MR) is 53.8 cm³/mol. The normalized spacial score (nSPS) is 17.0. The average Bonchev–Trinajstić information content (AvgIpc) is 2.01. The van der Waals surface area contributed by atoms with Crippen molar-refractivity contribution in [2.24, 2.45) is 5.92 Å². The fourth-order valence-corrected chi connectivity index (χ4v) is 1.47. The van der Waals surface area contributed by atoms with E-state index in [9.17, 15) is 0 Å². The number of hydrogen-bond donors (Lipinski definition) is 0. The summed E-state index contributed by atoms with van der Waals surface area (Å²) in [6.07, 6.45) is 5.09. The average molecular weight is 184 g/mol. The first kappa shape index (κ1) is 10.7. The van der Waals surface area contributed by atoms with E-state index in [0.717, 1.165) is 18.9 Å². The van der Waals surface area contributed by atoms with E-state index in [1.807, 2.05) is 0 Å². The maximum Gasteiger partial charge on any atom is 0.0700 e. The Balaban J connectivity index is 1.89. The molecule has 0 aliphatic heterocycles. The summed E-state index contributed by atoms with van der Waals surface area (Å²) in [6, 6.07) is 0. The van der Waals surface area contributed by atoms with Crippen LogP contribution >= 0.6 is 0 Å². The molecule has 0 saturated heterocycles. The van der Waals surface area contributed by atoms with E-state index in [-0.39, 0.29) is 0 Å². The van der Waals surface area contributed by atoms with Crippen molar-refractivity contribution < 1.29 is 9.47 Å². The van der Waals surface area contributed by atoms with Gasteiger partial charge in [0, 0.05) is 7.11 Å². The van der Waals surface area contributed by atoms with E-state index in [4.69, 9.17) is 9.47 Å². The number of hydrogen-bond acceptors (Lipinski definition) is 2. The highest BCUT2D eigenvalue weighted by Crippen LogP contribution is 2.33. The van der Waals surface area contributed by atoms with Crippen LogP contribution in [0.2, 0.25) is 0 Å². The molecule has 76 valence electrons. The van der Waals surface area contributed by atoms with E-state index in [1.54, 1.807) is 7.11 Å². The van der Waals surface area contributed by atoms with Crippen LogP contribution in [0.3, 0.4) is 0 Å². The lowest BCUT2D eigenvalue weighted by molar-refractivity contribution is 0.0709. The van der Waals surface area contributed by atoms with Gasteiger partial charge in [0.1, 0.15) is 0 Å². The summed E-state index contributed by atoms with van der Waals surface area (Å²) in [7, 11) is 1.69. The molecule has 1 fully saturated rings. The smallest absolute Gasteiger partial charge is 0.0700 e. The third kappa shape index (κ3) is 3.92. The second-order valence-electron chi connectivity index (χ2n) is 3.64. The Hall–Kier alpha value is -0.340. The van der Waals surface area contributed by atoms with Gasteiger partial charge in [0.15, 0.2) is 0 Å². The standard InChI is InChI=1S/C11H20O2/c1-10(11-4-3-5-11)6-7-13-9-8-12-2/h11H,1,3-9H2,2H3. The monoisotopic (exact) mass is 184 g/mol. The van der Waals surface area contributed by atoms with Crippen molar-refractivity contribution in [3.05, 3.63) is 12.2 Å². The maximum absolute atomic E-state index is 5.38. The Morgan fingerprint density at radius 1 is 1.31 bits per heavy atom. The molecule has 2 heteroatoms. The second-order valence-corrected chi connectivity index (χ2v) is 3.64. The van der Waals surface area contributed by atoms with Crippen LogP contribution in [0.4, 0.5) is 0 Å². The minimum absolute atomic E-state index is 0.690. The van der Waals surface area contributed by atoms with Crippen LogP contribution in [0.25, 0.3) is 0 Å². The molecule has 0 aromatic rings. The third-order valence-electron chi connectivity index (χ3n) is 2.68. The van der Waals surface area contributed by atoms with Gasteiger partial charge >= 0.3 is 0 Å². The van der Waals surface area contributed by atoms with E-state index in [1.165, 1.54) is 24.8 Å². The van der Waals surface area contributed by atoms with Crippen LogP contribution in [-0.2, 0) is 9.47 Å². The van der Waals surface area contributed by atoms with Crippen molar-refractivity contribution in [3.8, 4) is 0 Å². The SMILES string of the molecule is C=C(CCOCCOC)C1CCC1. The van der Waals surface area contributed by atoms with Gasteiger partial charge in [-0.3, -0.25) is 0 Å². The Morgan fingerprint density at radius 3 is 2.62 bits per heavy atom. The van der Waals surface area contributed by atoms with E-state index in [0.29, 0.717) is 13.2 Å². The van der Waals surface area contributed by atoms with Crippen molar-refractivity contribution in [1.82, 2.24) is 0 Å². The largest absolute Gasteiger partial charge is 0.382 e. The molecule has 13 heavy (non-hydrogen) atoms. The van der Waals surface area contributed by atoms with E-state index in [2.05, 4.69) is 6.58 Å². The quantitative estimate of drug-likeness (QED) is 0.447. The second kappa shape index (κ2) is 6.17. The number of methoxy groups -OCH3 is 1. The van der Waals surface area contributed by atoms with Crippen LogP contribution in [-0.4, -0.2) is 26.9 Å². The molecule has 0 aromatic heterocycles. The van der Waals surface area contributed by atoms with Crippen molar-refractivity contribution >= 4 is 0 Å². The highest BCUT2D eigenvalue weighted by atomic mass is 16.5. The van der Waals surface area contributed by atoms with Crippen LogP contribution in [0, 0.1) is 5.92 Å². The molecule has 1 saturated carbocycles. The van der Waals surface area contributed by atoms with Gasteiger partial charge in [-0.25, -0.2) is 0 Å². The molecule has 0 heterocycles. The van der Waals surface area contributed by atoms with Crippen LogP contribution in [0.15, 0.2) is 12.2 Å². The first-order chi connectivity index (χ1) is 6.34. The van der Waals surface area contributed by atoms with Gasteiger partial charge in [-0.1, -0.05) is 18.6 Å². The highest BCUT2D eigenvalue weighted by Gasteiger charge is 2.19. The van der Waals surface area contributed by atoms with Gasteiger partial charge in [-0.05, 0) is 25.2 Å². The topological polar surface area (TPSA) is 18.5 Å². The molecule has 0 aromatic carbocycles. The van der Waals surface area contributed by atoms with Gasteiger partial charge < -0.3 is 9.47 Å². The summed E-state index contributed by atoms with van der Waals surface area (Å²) >= 11 is 0. The molecule has 0 amide bonds. The fourth-order valence-electron chi connectivity index (χ4n) is 1.47. The lowest BCUT2D eigenvalue weighted by Gasteiger charge is -2.27. The van der Waals surface area contributed by atoms with Gasteiger partial charge in [-0.15, -0.1) is 0 Å². The minimum atomic E-state index is 0.690. The molecule has 0 radical (unpaired) electrons. The number of ether oxygens (including phenoxy) is 2. The molecular weight excluding hydrogens is 164 g/mol. The van der Waals surface area contributed by atoms with Crippen LogP contribution < -0.4 is 0 Å². The molecule has 0 bridgehead atoms. The summed E-state index contributed by atoms with van der Waals surface area (Å²) in [5.41, 5.74) is 1.38. The lowest BCUT2D eigenvalue weighted by atomic mass is 9.79. The molecule has 1 rings (SSSR count). The van der Waals surface area contributed by atoms with Crippen molar-refractivity contribution in [1.29, 1.82) is 0 Å². The highest BCUT2D eigenvalue weighted by molar-refractivity contribution is 5.03. The molecule has 1 aliphatic carbocycles. The Labute approximate surface area is 80.9 Å². The predicted octanol–water partition coefficient (Wildman–Crippen LogP) is 2.40. The van der Waals surface area contributed by atoms with Crippen molar-refractivity contribution in [3.63, 3.8) is 0 Å². The lowest BCUT2D eigenvalue weighted by Crippen LogP contribution is -2.14. The van der Waals surface area contributed by atoms with E-state index >= 15 is 0 Å². The minimum Gasteiger partial charge on any atom is -0.382 e. The molecular formula is C11H20O2. The number of rotatable bonds is 7. The zero-order valence-electron chi connectivity index (χ0n) is 8.55. The van der Waals surface area contributed by atoms with Gasteiger partial charge in [0.05, 0.1) is 19.8 Å². The summed E-state index contributed by atoms with van der Waals surface area (Å²) in [4.78, 5) is 0. The summed E-state index contributed by atoms with van der Waals surface area (Å²) < 4.78 is 10.3.